The largest absolute Gasteiger partial charge is 0.387 e. The van der Waals surface area contributed by atoms with Crippen LogP contribution < -0.4 is 5.32 Å². The van der Waals surface area contributed by atoms with Crippen LogP contribution in [0.4, 0.5) is 10.2 Å². The van der Waals surface area contributed by atoms with Crippen molar-refractivity contribution in [1.29, 1.82) is 0 Å². The highest BCUT2D eigenvalue weighted by atomic mass is 35.5. The zero-order valence-corrected chi connectivity index (χ0v) is 12.6. The lowest BCUT2D eigenvalue weighted by Gasteiger charge is -2.15. The summed E-state index contributed by atoms with van der Waals surface area (Å²) in [5, 5.41) is 23.9. The van der Waals surface area contributed by atoms with Crippen molar-refractivity contribution in [2.75, 3.05) is 11.9 Å². The summed E-state index contributed by atoms with van der Waals surface area (Å²) < 4.78 is 20.9. The Hall–Kier alpha value is -1.55. The smallest absolute Gasteiger partial charge is 0.226 e. The van der Waals surface area contributed by atoms with E-state index >= 15 is 0 Å². The highest BCUT2D eigenvalue weighted by Gasteiger charge is 2.45. The number of hydrogen-bond donors (Lipinski definition) is 2. The van der Waals surface area contributed by atoms with Crippen molar-refractivity contribution in [3.63, 3.8) is 0 Å². The van der Waals surface area contributed by atoms with Crippen LogP contribution in [-0.4, -0.2) is 55.7 Å². The van der Waals surface area contributed by atoms with Gasteiger partial charge in [0.2, 0.25) is 5.28 Å². The van der Waals surface area contributed by atoms with Gasteiger partial charge in [0, 0.05) is 6.04 Å². The van der Waals surface area contributed by atoms with E-state index in [0.29, 0.717) is 23.0 Å². The summed E-state index contributed by atoms with van der Waals surface area (Å²) >= 11 is 5.95. The molecule has 1 aliphatic heterocycles. The molecular formula is C13H14ClFN5O3. The maximum atomic E-state index is 14.3. The zero-order chi connectivity index (χ0) is 16.1. The van der Waals surface area contributed by atoms with Gasteiger partial charge >= 0.3 is 0 Å². The number of aliphatic hydroxyl groups excluding tert-OH is 1. The second-order valence-corrected chi connectivity index (χ2v) is 6.09. The van der Waals surface area contributed by atoms with Gasteiger partial charge in [-0.3, -0.25) is 4.57 Å². The molecule has 2 aromatic heterocycles. The number of fused-ring (bicyclic) bond motifs is 1. The predicted molar refractivity (Wildman–Crippen MR) is 77.3 cm³/mol. The molecule has 1 aliphatic carbocycles. The Balaban J connectivity index is 1.74. The number of aromatic nitrogens is 4. The van der Waals surface area contributed by atoms with E-state index in [-0.39, 0.29) is 5.28 Å². The van der Waals surface area contributed by atoms with Gasteiger partial charge in [-0.25, -0.2) is 14.5 Å². The van der Waals surface area contributed by atoms with Crippen LogP contribution in [0, 0.1) is 0 Å². The Morgan fingerprint density at radius 2 is 2.26 bits per heavy atom. The lowest BCUT2D eigenvalue weighted by Crippen LogP contribution is -2.30. The van der Waals surface area contributed by atoms with E-state index in [0.717, 1.165) is 12.8 Å². The minimum absolute atomic E-state index is 0.00303. The minimum Gasteiger partial charge on any atom is -0.387 e. The topological polar surface area (TPSA) is 105 Å². The third-order valence-corrected chi connectivity index (χ3v) is 4.21. The third kappa shape index (κ3) is 2.53. The summed E-state index contributed by atoms with van der Waals surface area (Å²) in [4.78, 5) is 12.4. The first kappa shape index (κ1) is 15.0. The van der Waals surface area contributed by atoms with Crippen molar-refractivity contribution in [2.45, 2.75) is 43.5 Å². The molecule has 0 aromatic carbocycles. The molecule has 8 nitrogen and oxygen atoms in total. The van der Waals surface area contributed by atoms with Crippen LogP contribution in [0.15, 0.2) is 6.33 Å². The number of nitrogens with zero attached hydrogens (tertiary/aromatic N) is 4. The van der Waals surface area contributed by atoms with E-state index in [1.165, 1.54) is 10.9 Å². The first-order valence-electron chi connectivity index (χ1n) is 7.31. The Labute approximate surface area is 135 Å². The Kier molecular flexibility index (Phi) is 3.60. The summed E-state index contributed by atoms with van der Waals surface area (Å²) in [5.41, 5.74) is 0.733. The normalized spacial score (nSPS) is 31.0. The van der Waals surface area contributed by atoms with E-state index in [4.69, 9.17) is 16.3 Å². The number of nitrogens with one attached hydrogen (secondary N) is 1. The lowest BCUT2D eigenvalue weighted by molar-refractivity contribution is -0.0593. The molecule has 1 saturated heterocycles. The maximum absolute atomic E-state index is 14.3. The Morgan fingerprint density at radius 1 is 1.48 bits per heavy atom. The number of aliphatic hydroxyl groups is 1. The van der Waals surface area contributed by atoms with E-state index in [1.807, 2.05) is 0 Å². The van der Waals surface area contributed by atoms with Gasteiger partial charge in [-0.15, -0.1) is 0 Å². The number of rotatable bonds is 4. The lowest BCUT2D eigenvalue weighted by atomic mass is 10.1. The molecular weight excluding hydrogens is 329 g/mol. The Bertz CT molecular complexity index is 740. The molecule has 0 spiro atoms. The van der Waals surface area contributed by atoms with E-state index in [2.05, 4.69) is 20.3 Å². The summed E-state index contributed by atoms with van der Waals surface area (Å²) in [6.45, 7) is -0.727. The van der Waals surface area contributed by atoms with Crippen molar-refractivity contribution in [3.05, 3.63) is 11.6 Å². The monoisotopic (exact) mass is 342 g/mol. The molecule has 2 aromatic rings. The second-order valence-electron chi connectivity index (χ2n) is 5.75. The van der Waals surface area contributed by atoms with E-state index in [1.54, 1.807) is 0 Å². The standard InChI is InChI=1S/C13H14ClFN5O3/c14-13-18-10(17-5-1-2-5)8-11(19-13)20(4-16-8)12-7(15)9(22)6(3-21)23-12/h4-7,9,12,22H,1-3H2,(H,17,18,19)/t6-,7+,9-,12-/m1/s1. The highest BCUT2D eigenvalue weighted by molar-refractivity contribution is 6.28. The molecule has 123 valence electrons. The predicted octanol–water partition coefficient (Wildman–Crippen LogP) is 1.08. The molecule has 10 heteroatoms. The van der Waals surface area contributed by atoms with Gasteiger partial charge in [0.05, 0.1) is 6.33 Å². The molecule has 0 bridgehead atoms. The van der Waals surface area contributed by atoms with Gasteiger partial charge in [-0.05, 0) is 24.4 Å². The second kappa shape index (κ2) is 5.52. The van der Waals surface area contributed by atoms with Gasteiger partial charge < -0.3 is 15.2 Å². The molecule has 4 rings (SSSR count). The molecule has 2 N–H and O–H groups in total. The molecule has 0 unspecified atom stereocenters. The summed E-state index contributed by atoms with van der Waals surface area (Å²) in [6, 6.07) is 0.331. The van der Waals surface area contributed by atoms with Gasteiger partial charge in [-0.1, -0.05) is 0 Å². The van der Waals surface area contributed by atoms with Crippen molar-refractivity contribution in [2.24, 2.45) is 0 Å². The van der Waals surface area contributed by atoms with Crippen LogP contribution in [-0.2, 0) is 9.84 Å². The quantitative estimate of drug-likeness (QED) is 0.806. The molecule has 1 radical (unpaired) electrons. The average molecular weight is 343 g/mol. The molecule has 0 amide bonds. The van der Waals surface area contributed by atoms with Crippen molar-refractivity contribution in [1.82, 2.24) is 19.5 Å². The highest BCUT2D eigenvalue weighted by Crippen LogP contribution is 2.35. The molecule has 1 saturated carbocycles. The fraction of sp³-hybridized carbons (Fsp3) is 0.615. The van der Waals surface area contributed by atoms with Gasteiger partial charge in [0.15, 0.2) is 29.4 Å². The third-order valence-electron chi connectivity index (χ3n) is 4.04. The maximum Gasteiger partial charge on any atom is 0.226 e. The van der Waals surface area contributed by atoms with E-state index < -0.39 is 31.2 Å². The first-order chi connectivity index (χ1) is 11.1. The van der Waals surface area contributed by atoms with Crippen LogP contribution in [0.1, 0.15) is 19.1 Å². The van der Waals surface area contributed by atoms with Crippen LogP contribution in [0.3, 0.4) is 0 Å². The fourth-order valence-corrected chi connectivity index (χ4v) is 2.83. The molecule has 2 fully saturated rings. The molecule has 4 atom stereocenters. The molecule has 23 heavy (non-hydrogen) atoms. The SMILES string of the molecule is [O]C[C@H]1O[C@@H](n2cnc3c(NC4CC4)nc(Cl)nc32)[C@@H](F)[C@@H]1O. The number of imidazole rings is 1. The van der Waals surface area contributed by atoms with Crippen LogP contribution in [0.25, 0.3) is 11.2 Å². The number of hydrogen-bond acceptors (Lipinski definition) is 6. The summed E-state index contributed by atoms with van der Waals surface area (Å²) in [5.74, 6) is 0.482. The summed E-state index contributed by atoms with van der Waals surface area (Å²) in [7, 11) is 0. The van der Waals surface area contributed by atoms with Gasteiger partial charge in [-0.2, -0.15) is 9.97 Å². The van der Waals surface area contributed by atoms with Crippen LogP contribution in [0.5, 0.6) is 0 Å². The number of anilines is 1. The number of ether oxygens (including phenoxy) is 1. The molecule has 3 heterocycles. The van der Waals surface area contributed by atoms with Crippen molar-refractivity contribution >= 4 is 28.6 Å². The fourth-order valence-electron chi connectivity index (χ4n) is 2.66. The van der Waals surface area contributed by atoms with E-state index in [9.17, 15) is 14.6 Å². The minimum atomic E-state index is -1.75. The van der Waals surface area contributed by atoms with Crippen LogP contribution >= 0.6 is 11.6 Å². The zero-order valence-electron chi connectivity index (χ0n) is 11.9. The van der Waals surface area contributed by atoms with Crippen molar-refractivity contribution < 1.29 is 19.3 Å². The van der Waals surface area contributed by atoms with Gasteiger partial charge in [0.25, 0.3) is 0 Å². The van der Waals surface area contributed by atoms with Crippen LogP contribution in [0.2, 0.25) is 5.28 Å². The summed E-state index contributed by atoms with van der Waals surface area (Å²) in [6.07, 6.45) is -2.07. The average Bonchev–Trinajstić information content (AvgIpc) is 3.17. The van der Waals surface area contributed by atoms with Gasteiger partial charge in [0.1, 0.15) is 18.8 Å². The van der Waals surface area contributed by atoms with Crippen molar-refractivity contribution in [3.8, 4) is 0 Å². The molecule has 2 aliphatic rings. The Morgan fingerprint density at radius 3 is 2.91 bits per heavy atom. The first-order valence-corrected chi connectivity index (χ1v) is 7.68. The number of halogens is 2. The number of alkyl halides is 1.